The first-order chi connectivity index (χ1) is 12.7. The van der Waals surface area contributed by atoms with Crippen molar-refractivity contribution in [2.24, 2.45) is 5.73 Å². The van der Waals surface area contributed by atoms with E-state index in [0.717, 1.165) is 42.7 Å². The third-order valence-electron chi connectivity index (χ3n) is 4.77. The molecule has 1 aliphatic rings. The highest BCUT2D eigenvalue weighted by molar-refractivity contribution is 5.85. The van der Waals surface area contributed by atoms with Crippen LogP contribution in [-0.4, -0.2) is 22.2 Å². The molecule has 7 nitrogen and oxygen atoms in total. The molecule has 2 aromatic heterocycles. The molecule has 142 valence electrons. The fourth-order valence-corrected chi connectivity index (χ4v) is 3.32. The van der Waals surface area contributed by atoms with Crippen LogP contribution in [0.5, 0.6) is 5.75 Å². The summed E-state index contributed by atoms with van der Waals surface area (Å²) < 4.78 is 10.9. The number of hydrogen-bond donors (Lipinski definition) is 2. The number of benzene rings is 1. The number of rotatable bonds is 5. The van der Waals surface area contributed by atoms with Crippen molar-refractivity contribution in [1.29, 1.82) is 0 Å². The van der Waals surface area contributed by atoms with Gasteiger partial charge in [-0.15, -0.1) is 12.4 Å². The van der Waals surface area contributed by atoms with Crippen molar-refractivity contribution >= 4 is 23.9 Å². The number of halogens is 1. The maximum atomic E-state index is 6.44. The number of aromatic nitrogens is 3. The summed E-state index contributed by atoms with van der Waals surface area (Å²) in [5.41, 5.74) is 7.48. The molecular weight excluding hydrogens is 366 g/mol. The number of para-hydroxylation sites is 2. The molecule has 1 aliphatic carbocycles. The number of anilines is 2. The van der Waals surface area contributed by atoms with Crippen molar-refractivity contribution in [3.63, 3.8) is 0 Å². The van der Waals surface area contributed by atoms with Gasteiger partial charge < -0.3 is 20.3 Å². The van der Waals surface area contributed by atoms with E-state index in [-0.39, 0.29) is 12.4 Å². The van der Waals surface area contributed by atoms with E-state index in [1.807, 2.05) is 36.4 Å². The lowest BCUT2D eigenvalue weighted by Crippen LogP contribution is -2.34. The summed E-state index contributed by atoms with van der Waals surface area (Å²) in [6.45, 7) is 0. The van der Waals surface area contributed by atoms with Crippen LogP contribution in [0.1, 0.15) is 31.5 Å². The van der Waals surface area contributed by atoms with Crippen LogP contribution in [0.3, 0.4) is 0 Å². The van der Waals surface area contributed by atoms with Gasteiger partial charge in [0.2, 0.25) is 0 Å². The normalized spacial score (nSPS) is 15.2. The first-order valence-electron chi connectivity index (χ1n) is 8.68. The molecule has 0 radical (unpaired) electrons. The van der Waals surface area contributed by atoms with Gasteiger partial charge in [-0.1, -0.05) is 30.1 Å². The lowest BCUT2D eigenvalue weighted by atomic mass is 9.99. The molecule has 0 amide bonds. The average Bonchev–Trinajstić information content (AvgIpc) is 3.33. The highest BCUT2D eigenvalue weighted by Crippen LogP contribution is 2.36. The van der Waals surface area contributed by atoms with Crippen molar-refractivity contribution in [3.05, 3.63) is 48.4 Å². The number of hydrogen-bond acceptors (Lipinski definition) is 7. The summed E-state index contributed by atoms with van der Waals surface area (Å²) in [6.07, 6.45) is 5.65. The van der Waals surface area contributed by atoms with Crippen molar-refractivity contribution < 1.29 is 9.26 Å². The van der Waals surface area contributed by atoms with Crippen molar-refractivity contribution in [2.75, 3.05) is 12.4 Å². The number of methoxy groups -OCH3 is 1. The van der Waals surface area contributed by atoms with Gasteiger partial charge >= 0.3 is 0 Å². The lowest BCUT2D eigenvalue weighted by Gasteiger charge is -2.17. The Morgan fingerprint density at radius 1 is 1.15 bits per heavy atom. The van der Waals surface area contributed by atoms with Crippen LogP contribution in [0, 0.1) is 0 Å². The van der Waals surface area contributed by atoms with Crippen LogP contribution < -0.4 is 15.8 Å². The summed E-state index contributed by atoms with van der Waals surface area (Å²) in [5, 5.41) is 7.42. The smallest absolute Gasteiger partial charge is 0.261 e. The first-order valence-corrected chi connectivity index (χ1v) is 8.68. The van der Waals surface area contributed by atoms with E-state index < -0.39 is 5.54 Å². The number of ether oxygens (including phenoxy) is 1. The van der Waals surface area contributed by atoms with E-state index in [4.69, 9.17) is 15.0 Å². The quantitative estimate of drug-likeness (QED) is 0.681. The molecule has 0 spiro atoms. The Morgan fingerprint density at radius 3 is 2.70 bits per heavy atom. The lowest BCUT2D eigenvalue weighted by molar-refractivity contribution is 0.372. The molecule has 4 rings (SSSR count). The van der Waals surface area contributed by atoms with E-state index in [9.17, 15) is 0 Å². The molecule has 0 aliphatic heterocycles. The van der Waals surface area contributed by atoms with E-state index in [2.05, 4.69) is 20.4 Å². The molecule has 1 fully saturated rings. The predicted molar refractivity (Wildman–Crippen MR) is 105 cm³/mol. The molecule has 1 saturated carbocycles. The SMILES string of the molecule is COc1ccccc1Nc1ncccc1-c1nc(C2(N)CCCC2)no1.Cl. The van der Waals surface area contributed by atoms with Gasteiger partial charge in [0.05, 0.1) is 23.9 Å². The zero-order valence-corrected chi connectivity index (χ0v) is 15.8. The van der Waals surface area contributed by atoms with Crippen molar-refractivity contribution in [1.82, 2.24) is 15.1 Å². The third kappa shape index (κ3) is 3.74. The summed E-state index contributed by atoms with van der Waals surface area (Å²) in [6, 6.07) is 11.4. The Morgan fingerprint density at radius 2 is 1.93 bits per heavy atom. The molecule has 1 aromatic carbocycles. The Kier molecular flexibility index (Phi) is 5.62. The predicted octanol–water partition coefficient (Wildman–Crippen LogP) is 4.03. The minimum atomic E-state index is -0.486. The van der Waals surface area contributed by atoms with Gasteiger partial charge in [-0.05, 0) is 37.1 Å². The fourth-order valence-electron chi connectivity index (χ4n) is 3.32. The molecule has 3 aromatic rings. The third-order valence-corrected chi connectivity index (χ3v) is 4.77. The number of nitrogens with one attached hydrogen (secondary N) is 1. The van der Waals surface area contributed by atoms with E-state index >= 15 is 0 Å². The molecule has 3 N–H and O–H groups in total. The molecule has 0 atom stereocenters. The summed E-state index contributed by atoms with van der Waals surface area (Å²) in [5.74, 6) is 2.31. The van der Waals surface area contributed by atoms with Gasteiger partial charge in [-0.25, -0.2) is 4.98 Å². The molecule has 8 heteroatoms. The van der Waals surface area contributed by atoms with Crippen LogP contribution >= 0.6 is 12.4 Å². The monoisotopic (exact) mass is 387 g/mol. The molecular formula is C19H22ClN5O2. The standard InChI is InChI=1S/C19H21N5O2.ClH/c1-25-15-9-3-2-8-14(15)22-16-13(7-6-12-21-16)17-23-18(24-26-17)19(20)10-4-5-11-19;/h2-3,6-9,12H,4-5,10-11,20H2,1H3,(H,21,22);1H. The van der Waals surface area contributed by atoms with Crippen LogP contribution in [0.25, 0.3) is 11.5 Å². The second-order valence-electron chi connectivity index (χ2n) is 6.51. The minimum Gasteiger partial charge on any atom is -0.495 e. The van der Waals surface area contributed by atoms with Gasteiger partial charge in [0.25, 0.3) is 5.89 Å². The average molecular weight is 388 g/mol. The van der Waals surface area contributed by atoms with Gasteiger partial charge in [-0.2, -0.15) is 4.98 Å². The molecule has 27 heavy (non-hydrogen) atoms. The molecule has 0 unspecified atom stereocenters. The minimum absolute atomic E-state index is 0. The fraction of sp³-hybridized carbons (Fsp3) is 0.316. The van der Waals surface area contributed by atoms with Gasteiger partial charge in [0.15, 0.2) is 5.82 Å². The van der Waals surface area contributed by atoms with Crippen LogP contribution in [-0.2, 0) is 5.54 Å². The zero-order chi connectivity index (χ0) is 18.0. The molecule has 2 heterocycles. The summed E-state index contributed by atoms with van der Waals surface area (Å²) >= 11 is 0. The first kappa shape index (κ1) is 19.1. The van der Waals surface area contributed by atoms with Gasteiger partial charge in [0.1, 0.15) is 11.6 Å². The number of nitrogens with zero attached hydrogens (tertiary/aromatic N) is 3. The van der Waals surface area contributed by atoms with E-state index in [1.54, 1.807) is 13.3 Å². The van der Waals surface area contributed by atoms with Gasteiger partial charge in [-0.3, -0.25) is 0 Å². The van der Waals surface area contributed by atoms with E-state index in [1.165, 1.54) is 0 Å². The highest BCUT2D eigenvalue weighted by Gasteiger charge is 2.36. The Balaban J connectivity index is 0.00000210. The topological polar surface area (TPSA) is 99.1 Å². The second-order valence-corrected chi connectivity index (χ2v) is 6.51. The maximum Gasteiger partial charge on any atom is 0.261 e. The Hall–Kier alpha value is -2.64. The van der Waals surface area contributed by atoms with Crippen molar-refractivity contribution in [2.45, 2.75) is 31.2 Å². The van der Waals surface area contributed by atoms with Gasteiger partial charge in [0, 0.05) is 6.20 Å². The van der Waals surface area contributed by atoms with Crippen LogP contribution in [0.4, 0.5) is 11.5 Å². The molecule has 0 bridgehead atoms. The number of nitrogens with two attached hydrogens (primary N) is 1. The van der Waals surface area contributed by atoms with Crippen molar-refractivity contribution in [3.8, 4) is 17.2 Å². The molecule has 0 saturated heterocycles. The second kappa shape index (κ2) is 7.94. The Labute approximate surface area is 163 Å². The maximum absolute atomic E-state index is 6.44. The number of pyridine rings is 1. The highest BCUT2D eigenvalue weighted by atomic mass is 35.5. The van der Waals surface area contributed by atoms with Crippen LogP contribution in [0.15, 0.2) is 47.1 Å². The van der Waals surface area contributed by atoms with E-state index in [0.29, 0.717) is 17.5 Å². The largest absolute Gasteiger partial charge is 0.495 e. The Bertz CT molecular complexity index is 908. The summed E-state index contributed by atoms with van der Waals surface area (Å²) in [7, 11) is 1.63. The zero-order valence-electron chi connectivity index (χ0n) is 15.0. The van der Waals surface area contributed by atoms with Crippen LogP contribution in [0.2, 0.25) is 0 Å². The summed E-state index contributed by atoms with van der Waals surface area (Å²) in [4.78, 5) is 8.99.